The highest BCUT2D eigenvalue weighted by atomic mass is 16.5. The van der Waals surface area contributed by atoms with Gasteiger partial charge in [-0.2, -0.15) is 5.10 Å². The first-order chi connectivity index (χ1) is 14.5. The van der Waals surface area contributed by atoms with Crippen molar-refractivity contribution in [3.8, 4) is 17.3 Å². The zero-order chi connectivity index (χ0) is 21.1. The van der Waals surface area contributed by atoms with Gasteiger partial charge in [0.2, 0.25) is 0 Å². The first-order valence-corrected chi connectivity index (χ1v) is 10.2. The predicted molar refractivity (Wildman–Crippen MR) is 113 cm³/mol. The fraction of sp³-hybridized carbons (Fsp3) is 0.348. The van der Waals surface area contributed by atoms with Crippen LogP contribution in [0.2, 0.25) is 0 Å². The van der Waals surface area contributed by atoms with E-state index in [-0.39, 0.29) is 11.5 Å². The van der Waals surface area contributed by atoms with E-state index in [9.17, 15) is 4.79 Å². The zero-order valence-electron chi connectivity index (χ0n) is 17.5. The van der Waals surface area contributed by atoms with Gasteiger partial charge in [0.05, 0.1) is 24.0 Å². The van der Waals surface area contributed by atoms with Crippen LogP contribution in [0.25, 0.3) is 5.82 Å². The molecule has 3 heterocycles. The van der Waals surface area contributed by atoms with Crippen LogP contribution in [0.1, 0.15) is 42.4 Å². The number of hydrogen-bond acceptors (Lipinski definition) is 5. The Bertz CT molecular complexity index is 1040. The topological polar surface area (TPSA) is 78.3 Å². The molecule has 0 unspecified atom stereocenters. The first kappa shape index (κ1) is 19.9. The van der Waals surface area contributed by atoms with Crippen molar-refractivity contribution in [2.24, 2.45) is 0 Å². The Morgan fingerprint density at radius 3 is 2.90 bits per heavy atom. The van der Waals surface area contributed by atoms with E-state index in [2.05, 4.69) is 35.3 Å². The number of benzene rings is 1. The monoisotopic (exact) mass is 406 g/mol. The molecule has 0 atom stereocenters. The molecule has 0 saturated carbocycles. The number of pyridine rings is 1. The van der Waals surface area contributed by atoms with Crippen LogP contribution in [-0.2, 0) is 12.8 Å². The number of rotatable bonds is 7. The second-order valence-electron chi connectivity index (χ2n) is 7.85. The van der Waals surface area contributed by atoms with Crippen molar-refractivity contribution in [2.45, 2.75) is 39.2 Å². The van der Waals surface area contributed by atoms with Gasteiger partial charge in [-0.25, -0.2) is 9.67 Å². The van der Waals surface area contributed by atoms with Crippen LogP contribution in [-0.4, -0.2) is 39.4 Å². The van der Waals surface area contributed by atoms with Gasteiger partial charge >= 0.3 is 0 Å². The molecule has 1 amide bonds. The molecule has 0 spiro atoms. The summed E-state index contributed by atoms with van der Waals surface area (Å²) >= 11 is 0. The second kappa shape index (κ2) is 8.18. The number of carbonyl (C=O) groups excluding carboxylic acids is 1. The average Bonchev–Trinajstić information content (AvgIpc) is 3.31. The Kier molecular flexibility index (Phi) is 5.44. The van der Waals surface area contributed by atoms with Gasteiger partial charge < -0.3 is 14.8 Å². The van der Waals surface area contributed by atoms with Crippen molar-refractivity contribution in [1.29, 1.82) is 0 Å². The maximum absolute atomic E-state index is 12.7. The minimum absolute atomic E-state index is 0.173. The highest BCUT2D eigenvalue weighted by Gasteiger charge is 2.32. The van der Waals surface area contributed by atoms with Gasteiger partial charge in [0.1, 0.15) is 12.2 Å². The van der Waals surface area contributed by atoms with Crippen LogP contribution in [0.3, 0.4) is 0 Å². The highest BCUT2D eigenvalue weighted by Crippen LogP contribution is 2.41. The molecule has 0 bridgehead atoms. The number of nitrogens with one attached hydrogen (secondary N) is 1. The summed E-state index contributed by atoms with van der Waals surface area (Å²) in [7, 11) is 0. The molecular formula is C23H26N4O3. The number of hydrogen-bond donors (Lipinski definition) is 1. The van der Waals surface area contributed by atoms with E-state index in [1.807, 2.05) is 37.3 Å². The van der Waals surface area contributed by atoms with Crippen molar-refractivity contribution in [3.63, 3.8) is 0 Å². The van der Waals surface area contributed by atoms with E-state index in [0.29, 0.717) is 36.7 Å². The molecular weight excluding hydrogens is 380 g/mol. The Balaban J connectivity index is 1.37. The lowest BCUT2D eigenvalue weighted by Gasteiger charge is -2.18. The van der Waals surface area contributed by atoms with E-state index in [0.717, 1.165) is 23.4 Å². The maximum atomic E-state index is 12.7. The molecule has 1 N–H and O–H groups in total. The van der Waals surface area contributed by atoms with Crippen molar-refractivity contribution in [2.75, 3.05) is 13.2 Å². The Morgan fingerprint density at radius 1 is 1.27 bits per heavy atom. The van der Waals surface area contributed by atoms with Crippen molar-refractivity contribution in [3.05, 3.63) is 65.6 Å². The van der Waals surface area contributed by atoms with Crippen LogP contribution in [0.5, 0.6) is 11.5 Å². The summed E-state index contributed by atoms with van der Waals surface area (Å²) in [6.07, 6.45) is 4.82. The van der Waals surface area contributed by atoms with Crippen LogP contribution < -0.4 is 14.8 Å². The van der Waals surface area contributed by atoms with E-state index in [4.69, 9.17) is 9.47 Å². The molecule has 30 heavy (non-hydrogen) atoms. The van der Waals surface area contributed by atoms with Crippen molar-refractivity contribution in [1.82, 2.24) is 20.1 Å². The molecule has 2 aromatic heterocycles. The van der Waals surface area contributed by atoms with Crippen LogP contribution in [0.15, 0.2) is 48.8 Å². The number of amides is 1. The van der Waals surface area contributed by atoms with E-state index >= 15 is 0 Å². The SMILES string of the molecule is CCc1c(C(=O)NCCOc2cccc3c2OC(C)(C)C3)cnn1-c1ccccn1. The summed E-state index contributed by atoms with van der Waals surface area (Å²) in [5, 5.41) is 7.27. The predicted octanol–water partition coefficient (Wildman–Crippen LogP) is 3.35. The fourth-order valence-corrected chi connectivity index (χ4v) is 3.70. The van der Waals surface area contributed by atoms with Gasteiger partial charge in [0, 0.05) is 18.2 Å². The zero-order valence-corrected chi connectivity index (χ0v) is 17.5. The summed E-state index contributed by atoms with van der Waals surface area (Å²) in [5.41, 5.74) is 2.30. The molecule has 0 saturated heterocycles. The molecule has 1 aliphatic heterocycles. The highest BCUT2D eigenvalue weighted by molar-refractivity contribution is 5.95. The number of ether oxygens (including phenoxy) is 2. The van der Waals surface area contributed by atoms with Crippen LogP contribution in [0, 0.1) is 0 Å². The van der Waals surface area contributed by atoms with Gasteiger partial charge in [-0.1, -0.05) is 25.1 Å². The largest absolute Gasteiger partial charge is 0.488 e. The summed E-state index contributed by atoms with van der Waals surface area (Å²) in [6, 6.07) is 11.5. The van der Waals surface area contributed by atoms with Gasteiger partial charge in [-0.15, -0.1) is 0 Å². The minimum atomic E-state index is -0.222. The van der Waals surface area contributed by atoms with Crippen molar-refractivity contribution < 1.29 is 14.3 Å². The lowest BCUT2D eigenvalue weighted by molar-refractivity contribution is 0.0945. The average molecular weight is 406 g/mol. The molecule has 0 radical (unpaired) electrons. The number of nitrogens with zero attached hydrogens (tertiary/aromatic N) is 3. The smallest absolute Gasteiger partial charge is 0.254 e. The summed E-state index contributed by atoms with van der Waals surface area (Å²) in [6.45, 7) is 6.85. The summed E-state index contributed by atoms with van der Waals surface area (Å²) in [4.78, 5) is 17.0. The van der Waals surface area contributed by atoms with Gasteiger partial charge in [-0.3, -0.25) is 4.79 Å². The standard InChI is InChI=1S/C23H26N4O3/c1-4-18-17(15-26-27(18)20-10-5-6-11-24-20)22(28)25-12-13-29-19-9-7-8-16-14-23(2,3)30-21(16)19/h5-11,15H,4,12-14H2,1-3H3,(H,25,28). The van der Waals surface area contributed by atoms with E-state index in [1.54, 1.807) is 17.1 Å². The van der Waals surface area contributed by atoms with Gasteiger partial charge in [-0.05, 0) is 38.5 Å². The third-order valence-electron chi connectivity index (χ3n) is 5.01. The molecule has 4 rings (SSSR count). The number of para-hydroxylation sites is 1. The summed E-state index contributed by atoms with van der Waals surface area (Å²) < 4.78 is 13.6. The molecule has 1 aromatic carbocycles. The third-order valence-corrected chi connectivity index (χ3v) is 5.01. The normalized spacial score (nSPS) is 14.1. The van der Waals surface area contributed by atoms with Gasteiger partial charge in [0.15, 0.2) is 17.3 Å². The molecule has 1 aliphatic rings. The van der Waals surface area contributed by atoms with Gasteiger partial charge in [0.25, 0.3) is 5.91 Å². The third kappa shape index (κ3) is 4.01. The molecule has 156 valence electrons. The Morgan fingerprint density at radius 2 is 2.13 bits per heavy atom. The summed E-state index contributed by atoms with van der Waals surface area (Å²) in [5.74, 6) is 2.04. The van der Waals surface area contributed by atoms with Crippen molar-refractivity contribution >= 4 is 5.91 Å². The molecule has 0 fully saturated rings. The Labute approximate surface area is 176 Å². The Hall–Kier alpha value is -3.35. The lowest BCUT2D eigenvalue weighted by Crippen LogP contribution is -2.29. The molecule has 7 heteroatoms. The molecule has 0 aliphatic carbocycles. The minimum Gasteiger partial charge on any atom is -0.488 e. The van der Waals surface area contributed by atoms with E-state index < -0.39 is 0 Å². The lowest BCUT2D eigenvalue weighted by atomic mass is 10.0. The molecule has 3 aromatic rings. The first-order valence-electron chi connectivity index (χ1n) is 10.2. The fourth-order valence-electron chi connectivity index (χ4n) is 3.70. The second-order valence-corrected chi connectivity index (χ2v) is 7.85. The maximum Gasteiger partial charge on any atom is 0.254 e. The van der Waals surface area contributed by atoms with E-state index in [1.165, 1.54) is 0 Å². The number of carbonyl (C=O) groups is 1. The molecule has 7 nitrogen and oxygen atoms in total. The number of fused-ring (bicyclic) bond motifs is 1. The van der Waals surface area contributed by atoms with Crippen LogP contribution >= 0.6 is 0 Å². The number of aromatic nitrogens is 3. The quantitative estimate of drug-likeness (QED) is 0.609. The van der Waals surface area contributed by atoms with Crippen LogP contribution in [0.4, 0.5) is 0 Å².